The molecule has 0 bridgehead atoms. The third kappa shape index (κ3) is 8.97. The van der Waals surface area contributed by atoms with Crippen LogP contribution in [-0.4, -0.2) is 87.2 Å². The van der Waals surface area contributed by atoms with E-state index in [0.717, 1.165) is 51.0 Å². The van der Waals surface area contributed by atoms with Gasteiger partial charge in [0.1, 0.15) is 11.6 Å². The summed E-state index contributed by atoms with van der Waals surface area (Å²) >= 11 is 1.40. The van der Waals surface area contributed by atoms with Gasteiger partial charge in [0.25, 0.3) is 11.8 Å². The second-order valence-corrected chi connectivity index (χ2v) is 12.5. The number of hydrogen-bond acceptors (Lipinski definition) is 13. The molecule has 0 spiro atoms. The third-order valence-electron chi connectivity index (χ3n) is 6.55. The standard InChI is InChI=1S/C12H18N4O4S.C12H18N4O2S/c1-21(19,20)12-14-6-9(10(13)18)11(16-12)15-7-3-2-4-8(17)5-7;1-19-12-14-6-9(10(13)18)11(16-12)15-7-3-2-4-8(17)5-7/h6-8,17H,2-5H2,1H3,(H2,13,18)(H,14,15,16);6-8,17H,2-5H2,1H3,(H2,13,18)(H,14,15,16)/t2*7-,8+/m11/s1. The number of hydrogen-bond donors (Lipinski definition) is 6. The highest BCUT2D eigenvalue weighted by Gasteiger charge is 2.24. The van der Waals surface area contributed by atoms with Gasteiger partial charge < -0.3 is 32.3 Å². The van der Waals surface area contributed by atoms with Gasteiger partial charge in [-0.3, -0.25) is 9.59 Å². The summed E-state index contributed by atoms with van der Waals surface area (Å²) in [5.41, 5.74) is 10.9. The molecule has 2 aromatic heterocycles. The lowest BCUT2D eigenvalue weighted by molar-refractivity contribution is 0.0991. The van der Waals surface area contributed by atoms with Crippen molar-refractivity contribution in [1.29, 1.82) is 0 Å². The van der Waals surface area contributed by atoms with Crippen LogP contribution in [0, 0.1) is 0 Å². The summed E-state index contributed by atoms with van der Waals surface area (Å²) < 4.78 is 23.0. The van der Waals surface area contributed by atoms with Crippen LogP contribution in [-0.2, 0) is 9.84 Å². The molecule has 2 heterocycles. The number of carbonyl (C=O) groups excluding carboxylic acids is 2. The Hall–Kier alpha value is -3.08. The number of amides is 2. The van der Waals surface area contributed by atoms with E-state index in [1.165, 1.54) is 18.0 Å². The summed E-state index contributed by atoms with van der Waals surface area (Å²) in [7, 11) is -3.58. The molecule has 4 rings (SSSR count). The number of anilines is 2. The lowest BCUT2D eigenvalue weighted by atomic mass is 9.93. The van der Waals surface area contributed by atoms with Crippen LogP contribution in [0.4, 0.5) is 11.6 Å². The van der Waals surface area contributed by atoms with Crippen LogP contribution in [0.1, 0.15) is 72.1 Å². The molecule has 4 atom stereocenters. The molecule has 2 saturated carbocycles. The van der Waals surface area contributed by atoms with Crippen LogP contribution in [0.15, 0.2) is 22.7 Å². The summed E-state index contributed by atoms with van der Waals surface area (Å²) in [6, 6.07) is 0.0283. The predicted octanol–water partition coefficient (Wildman–Crippen LogP) is 0.707. The van der Waals surface area contributed by atoms with Crippen LogP contribution < -0.4 is 22.1 Å². The number of primary amides is 2. The maximum Gasteiger partial charge on any atom is 0.254 e. The van der Waals surface area contributed by atoms with E-state index in [4.69, 9.17) is 11.5 Å². The van der Waals surface area contributed by atoms with E-state index < -0.39 is 27.8 Å². The van der Waals surface area contributed by atoms with Crippen LogP contribution in [0.25, 0.3) is 0 Å². The molecule has 40 heavy (non-hydrogen) atoms. The molecule has 0 aromatic carbocycles. The third-order valence-corrected chi connectivity index (χ3v) is 7.98. The molecular formula is C24H36N8O6S2. The van der Waals surface area contributed by atoms with Gasteiger partial charge in [0.15, 0.2) is 5.16 Å². The van der Waals surface area contributed by atoms with Crippen molar-refractivity contribution in [2.75, 3.05) is 23.1 Å². The first-order chi connectivity index (χ1) is 18.9. The fourth-order valence-electron chi connectivity index (χ4n) is 4.57. The average molecular weight is 597 g/mol. The van der Waals surface area contributed by atoms with Crippen LogP contribution in [0.5, 0.6) is 0 Å². The first kappa shape index (κ1) is 31.4. The Morgan fingerprint density at radius 3 is 1.77 bits per heavy atom. The lowest BCUT2D eigenvalue weighted by Gasteiger charge is -2.27. The zero-order valence-corrected chi connectivity index (χ0v) is 24.0. The minimum Gasteiger partial charge on any atom is -0.393 e. The molecule has 2 amide bonds. The number of aliphatic hydroxyl groups is 2. The first-order valence-electron chi connectivity index (χ1n) is 12.8. The maximum atomic E-state index is 11.5. The molecule has 0 unspecified atom stereocenters. The van der Waals surface area contributed by atoms with Crippen molar-refractivity contribution in [3.8, 4) is 0 Å². The molecule has 8 N–H and O–H groups in total. The van der Waals surface area contributed by atoms with Gasteiger partial charge in [-0.15, -0.1) is 0 Å². The predicted molar refractivity (Wildman–Crippen MR) is 150 cm³/mol. The molecule has 2 aromatic rings. The number of nitrogens with two attached hydrogens (primary N) is 2. The highest BCUT2D eigenvalue weighted by atomic mass is 32.2. The second kappa shape index (κ2) is 14.0. The molecule has 0 aliphatic heterocycles. The van der Waals surface area contributed by atoms with Gasteiger partial charge in [0, 0.05) is 30.7 Å². The molecule has 2 aliphatic carbocycles. The van der Waals surface area contributed by atoms with Crippen LogP contribution >= 0.6 is 11.8 Å². The van der Waals surface area contributed by atoms with Crippen molar-refractivity contribution in [1.82, 2.24) is 19.9 Å². The van der Waals surface area contributed by atoms with Crippen molar-refractivity contribution in [2.45, 2.75) is 86.0 Å². The molecule has 220 valence electrons. The van der Waals surface area contributed by atoms with Crippen molar-refractivity contribution >= 4 is 45.0 Å². The van der Waals surface area contributed by atoms with Crippen molar-refractivity contribution < 1.29 is 28.2 Å². The summed E-state index contributed by atoms with van der Waals surface area (Å²) in [4.78, 5) is 38.6. The first-order valence-corrected chi connectivity index (χ1v) is 16.0. The summed E-state index contributed by atoms with van der Waals surface area (Å²) in [6.07, 6.45) is 11.0. The molecule has 0 saturated heterocycles. The highest BCUT2D eigenvalue weighted by Crippen LogP contribution is 2.25. The average Bonchev–Trinajstić information content (AvgIpc) is 2.88. The number of nitrogens with zero attached hydrogens (tertiary/aromatic N) is 4. The van der Waals surface area contributed by atoms with E-state index >= 15 is 0 Å². The minimum atomic E-state index is -3.58. The van der Waals surface area contributed by atoms with Gasteiger partial charge >= 0.3 is 0 Å². The molecule has 2 fully saturated rings. The number of aromatic nitrogens is 4. The van der Waals surface area contributed by atoms with E-state index in [2.05, 4.69) is 30.6 Å². The van der Waals surface area contributed by atoms with Crippen molar-refractivity contribution in [2.24, 2.45) is 11.5 Å². The van der Waals surface area contributed by atoms with Crippen molar-refractivity contribution in [3.63, 3.8) is 0 Å². The Bertz CT molecular complexity index is 1310. The number of sulfone groups is 1. The summed E-state index contributed by atoms with van der Waals surface area (Å²) in [5.74, 6) is -0.733. The Morgan fingerprint density at radius 2 is 1.35 bits per heavy atom. The van der Waals surface area contributed by atoms with E-state index in [1.54, 1.807) is 0 Å². The second-order valence-electron chi connectivity index (χ2n) is 9.86. The Labute approximate surface area is 237 Å². The molecule has 0 radical (unpaired) electrons. The van der Waals surface area contributed by atoms with Gasteiger partial charge in [-0.05, 0) is 57.6 Å². The molecular weight excluding hydrogens is 560 g/mol. The Morgan fingerprint density at radius 1 is 0.875 bits per heavy atom. The largest absolute Gasteiger partial charge is 0.393 e. The number of carbonyl (C=O) groups is 2. The molecule has 14 nitrogen and oxygen atoms in total. The van der Waals surface area contributed by atoms with Crippen molar-refractivity contribution in [3.05, 3.63) is 23.5 Å². The Balaban J connectivity index is 0.000000222. The number of nitrogens with one attached hydrogen (secondary N) is 2. The van der Waals surface area contributed by atoms with Gasteiger partial charge in [0.05, 0.1) is 23.3 Å². The maximum absolute atomic E-state index is 11.5. The quantitative estimate of drug-likeness (QED) is 0.182. The van der Waals surface area contributed by atoms with Crippen LogP contribution in [0.3, 0.4) is 0 Å². The molecule has 2 aliphatic rings. The van der Waals surface area contributed by atoms with E-state index in [9.17, 15) is 28.2 Å². The lowest BCUT2D eigenvalue weighted by Crippen LogP contribution is -2.31. The minimum absolute atomic E-state index is 0.0301. The zero-order valence-electron chi connectivity index (χ0n) is 22.4. The number of thioether (sulfide) groups is 1. The normalized spacial score (nSPS) is 22.9. The van der Waals surface area contributed by atoms with E-state index in [0.29, 0.717) is 23.8 Å². The topological polar surface area (TPSA) is 236 Å². The SMILES string of the molecule is CS(=O)(=O)c1ncc(C(N)=O)c(N[C@@H]2CCC[C@H](O)C2)n1.CSc1ncc(C(N)=O)c(N[C@@H]2CCC[C@H](O)C2)n1. The summed E-state index contributed by atoms with van der Waals surface area (Å²) in [5, 5.41) is 25.8. The van der Waals surface area contributed by atoms with Gasteiger partial charge in [-0.2, -0.15) is 0 Å². The van der Waals surface area contributed by atoms with E-state index in [-0.39, 0.29) is 40.3 Å². The van der Waals surface area contributed by atoms with E-state index in [1.807, 2.05) is 6.26 Å². The van der Waals surface area contributed by atoms with Gasteiger partial charge in [-0.1, -0.05) is 11.8 Å². The zero-order chi connectivity index (χ0) is 29.4. The summed E-state index contributed by atoms with van der Waals surface area (Å²) in [6.45, 7) is 0. The fourth-order valence-corrected chi connectivity index (χ4v) is 5.41. The monoisotopic (exact) mass is 596 g/mol. The highest BCUT2D eigenvalue weighted by molar-refractivity contribution is 7.98. The number of aliphatic hydroxyl groups excluding tert-OH is 2. The molecule has 16 heteroatoms. The van der Waals surface area contributed by atoms with Crippen LogP contribution in [0.2, 0.25) is 0 Å². The smallest absolute Gasteiger partial charge is 0.254 e. The van der Waals surface area contributed by atoms with Gasteiger partial charge in [-0.25, -0.2) is 28.4 Å². The van der Waals surface area contributed by atoms with Gasteiger partial charge in [0.2, 0.25) is 15.0 Å². The fraction of sp³-hybridized carbons (Fsp3) is 0.583. The number of rotatable bonds is 8. The Kier molecular flexibility index (Phi) is 11.0.